The molecule has 0 aliphatic carbocycles. The van der Waals surface area contributed by atoms with E-state index >= 15 is 0 Å². The van der Waals surface area contributed by atoms with Crippen LogP contribution in [-0.4, -0.2) is 24.9 Å². The van der Waals surface area contributed by atoms with Crippen molar-refractivity contribution in [2.45, 2.75) is 25.9 Å². The molecule has 1 aromatic carbocycles. The number of aryl methyl sites for hydroxylation is 1. The number of furan rings is 1. The summed E-state index contributed by atoms with van der Waals surface area (Å²) in [4.78, 5) is 13.9. The molecule has 0 spiro atoms. The van der Waals surface area contributed by atoms with Crippen molar-refractivity contribution < 1.29 is 9.21 Å². The van der Waals surface area contributed by atoms with Gasteiger partial charge in [0.1, 0.15) is 5.76 Å². The Kier molecular flexibility index (Phi) is 5.58. The highest BCUT2D eigenvalue weighted by molar-refractivity contribution is 5.76. The minimum atomic E-state index is 0.0452. The van der Waals surface area contributed by atoms with E-state index in [1.54, 1.807) is 6.26 Å². The summed E-state index contributed by atoms with van der Waals surface area (Å²) < 4.78 is 5.21. The molecule has 0 bridgehead atoms. The summed E-state index contributed by atoms with van der Waals surface area (Å²) in [5.41, 5.74) is 2.39. The highest BCUT2D eigenvalue weighted by Crippen LogP contribution is 2.07. The number of nitrogens with zero attached hydrogens (tertiary/aromatic N) is 1. The maximum Gasteiger partial charge on any atom is 0.220 e. The van der Waals surface area contributed by atoms with Gasteiger partial charge in [0.25, 0.3) is 0 Å². The van der Waals surface area contributed by atoms with Crippen molar-refractivity contribution in [3.63, 3.8) is 0 Å². The van der Waals surface area contributed by atoms with Crippen molar-refractivity contribution in [2.75, 3.05) is 14.1 Å². The van der Waals surface area contributed by atoms with E-state index < -0.39 is 0 Å². The maximum atomic E-state index is 11.8. The fraction of sp³-hybridized carbons (Fsp3) is 0.353. The molecule has 0 fully saturated rings. The number of amides is 1. The van der Waals surface area contributed by atoms with E-state index in [4.69, 9.17) is 4.42 Å². The van der Waals surface area contributed by atoms with Crippen molar-refractivity contribution in [2.24, 2.45) is 0 Å². The van der Waals surface area contributed by atoms with Crippen molar-refractivity contribution in [1.29, 1.82) is 0 Å². The van der Waals surface area contributed by atoms with Gasteiger partial charge in [-0.2, -0.15) is 0 Å². The zero-order valence-corrected chi connectivity index (χ0v) is 12.6. The summed E-state index contributed by atoms with van der Waals surface area (Å²) >= 11 is 0. The van der Waals surface area contributed by atoms with Gasteiger partial charge >= 0.3 is 0 Å². The highest BCUT2D eigenvalue weighted by Gasteiger charge is 2.04. The molecule has 1 N–H and O–H groups in total. The Balaban J connectivity index is 1.73. The Bertz CT molecular complexity index is 545. The minimum Gasteiger partial charge on any atom is -0.469 e. The fourth-order valence-corrected chi connectivity index (χ4v) is 2.11. The third-order valence-electron chi connectivity index (χ3n) is 3.19. The van der Waals surface area contributed by atoms with Crippen LogP contribution in [0.15, 0.2) is 47.1 Å². The van der Waals surface area contributed by atoms with Gasteiger partial charge in [-0.05, 0) is 37.4 Å². The second-order valence-electron chi connectivity index (χ2n) is 5.41. The SMILES string of the molecule is CN(C)Cc1ccc(CNC(=O)CCc2ccco2)cc1. The summed E-state index contributed by atoms with van der Waals surface area (Å²) in [6.07, 6.45) is 2.72. The first kappa shape index (κ1) is 15.3. The quantitative estimate of drug-likeness (QED) is 0.851. The topological polar surface area (TPSA) is 45.5 Å². The fourth-order valence-electron chi connectivity index (χ4n) is 2.11. The van der Waals surface area contributed by atoms with E-state index in [9.17, 15) is 4.79 Å². The van der Waals surface area contributed by atoms with Crippen LogP contribution in [0.5, 0.6) is 0 Å². The molecule has 0 saturated heterocycles. The van der Waals surface area contributed by atoms with E-state index in [1.807, 2.05) is 26.2 Å². The predicted octanol–water partition coefficient (Wildman–Crippen LogP) is 2.59. The molecule has 0 saturated carbocycles. The maximum absolute atomic E-state index is 11.8. The van der Waals surface area contributed by atoms with E-state index in [1.165, 1.54) is 5.56 Å². The smallest absolute Gasteiger partial charge is 0.220 e. The van der Waals surface area contributed by atoms with E-state index in [2.05, 4.69) is 34.5 Å². The molecule has 0 atom stereocenters. The first-order chi connectivity index (χ1) is 10.1. The first-order valence-corrected chi connectivity index (χ1v) is 7.15. The summed E-state index contributed by atoms with van der Waals surface area (Å²) in [6, 6.07) is 12.0. The molecule has 4 heteroatoms. The minimum absolute atomic E-state index is 0.0452. The monoisotopic (exact) mass is 286 g/mol. The summed E-state index contributed by atoms with van der Waals surface area (Å²) in [6.45, 7) is 1.50. The van der Waals surface area contributed by atoms with Gasteiger partial charge in [0.15, 0.2) is 0 Å². The normalized spacial score (nSPS) is 10.8. The average molecular weight is 286 g/mol. The molecule has 1 heterocycles. The lowest BCUT2D eigenvalue weighted by Gasteiger charge is -2.10. The van der Waals surface area contributed by atoms with E-state index in [-0.39, 0.29) is 5.91 Å². The zero-order valence-electron chi connectivity index (χ0n) is 12.6. The summed E-state index contributed by atoms with van der Waals surface area (Å²) in [5, 5.41) is 2.93. The first-order valence-electron chi connectivity index (χ1n) is 7.15. The van der Waals surface area contributed by atoms with Gasteiger partial charge in [0.2, 0.25) is 5.91 Å². The number of hydrogen-bond donors (Lipinski definition) is 1. The van der Waals surface area contributed by atoms with Crippen LogP contribution in [0.4, 0.5) is 0 Å². The molecule has 4 nitrogen and oxygen atoms in total. The van der Waals surface area contributed by atoms with Crippen LogP contribution in [0.25, 0.3) is 0 Å². The third-order valence-corrected chi connectivity index (χ3v) is 3.19. The Morgan fingerprint density at radius 1 is 1.14 bits per heavy atom. The van der Waals surface area contributed by atoms with Gasteiger partial charge < -0.3 is 14.6 Å². The van der Waals surface area contributed by atoms with Gasteiger partial charge in [0, 0.05) is 25.9 Å². The molecule has 2 rings (SSSR count). The van der Waals surface area contributed by atoms with Crippen LogP contribution in [0.1, 0.15) is 23.3 Å². The molecule has 1 amide bonds. The van der Waals surface area contributed by atoms with Gasteiger partial charge in [-0.3, -0.25) is 4.79 Å². The van der Waals surface area contributed by atoms with Crippen molar-refractivity contribution in [3.05, 3.63) is 59.5 Å². The molecule has 112 valence electrons. The van der Waals surface area contributed by atoms with E-state index in [0.29, 0.717) is 19.4 Å². The molecule has 2 aromatic rings. The number of benzene rings is 1. The van der Waals surface area contributed by atoms with Crippen LogP contribution < -0.4 is 5.32 Å². The van der Waals surface area contributed by atoms with Crippen LogP contribution in [0, 0.1) is 0 Å². The highest BCUT2D eigenvalue weighted by atomic mass is 16.3. The Morgan fingerprint density at radius 3 is 2.48 bits per heavy atom. The molecular weight excluding hydrogens is 264 g/mol. The van der Waals surface area contributed by atoms with Gasteiger partial charge in [-0.15, -0.1) is 0 Å². The Hall–Kier alpha value is -2.07. The average Bonchev–Trinajstić information content (AvgIpc) is 2.97. The molecule has 0 aliphatic heterocycles. The van der Waals surface area contributed by atoms with E-state index in [0.717, 1.165) is 17.9 Å². The Labute approximate surface area is 125 Å². The summed E-state index contributed by atoms with van der Waals surface area (Å²) in [5.74, 6) is 0.891. The number of rotatable bonds is 7. The van der Waals surface area contributed by atoms with Crippen molar-refractivity contribution in [3.8, 4) is 0 Å². The summed E-state index contributed by atoms with van der Waals surface area (Å²) in [7, 11) is 4.10. The van der Waals surface area contributed by atoms with Gasteiger partial charge in [-0.1, -0.05) is 24.3 Å². The standard InChI is InChI=1S/C17H22N2O2/c1-19(2)13-15-7-5-14(6-8-15)12-18-17(20)10-9-16-4-3-11-21-16/h3-8,11H,9-10,12-13H2,1-2H3,(H,18,20). The molecule has 0 aliphatic rings. The zero-order chi connectivity index (χ0) is 15.1. The van der Waals surface area contributed by atoms with Crippen LogP contribution >= 0.6 is 0 Å². The van der Waals surface area contributed by atoms with Crippen LogP contribution in [0.3, 0.4) is 0 Å². The van der Waals surface area contributed by atoms with Crippen molar-refractivity contribution in [1.82, 2.24) is 10.2 Å². The molecular formula is C17H22N2O2. The third kappa shape index (κ3) is 5.44. The number of hydrogen-bond acceptors (Lipinski definition) is 3. The van der Waals surface area contributed by atoms with Gasteiger partial charge in [-0.25, -0.2) is 0 Å². The lowest BCUT2D eigenvalue weighted by atomic mass is 10.1. The molecule has 1 aromatic heterocycles. The van der Waals surface area contributed by atoms with Crippen LogP contribution in [-0.2, 0) is 24.3 Å². The van der Waals surface area contributed by atoms with Gasteiger partial charge in [0.05, 0.1) is 6.26 Å². The Morgan fingerprint density at radius 2 is 1.86 bits per heavy atom. The predicted molar refractivity (Wildman–Crippen MR) is 82.7 cm³/mol. The lowest BCUT2D eigenvalue weighted by Crippen LogP contribution is -2.23. The number of nitrogens with one attached hydrogen (secondary N) is 1. The number of carbonyl (C=O) groups excluding carboxylic acids is 1. The van der Waals surface area contributed by atoms with Crippen LogP contribution in [0.2, 0.25) is 0 Å². The van der Waals surface area contributed by atoms with Crippen molar-refractivity contribution >= 4 is 5.91 Å². The lowest BCUT2D eigenvalue weighted by molar-refractivity contribution is -0.121. The second kappa shape index (κ2) is 7.64. The molecule has 21 heavy (non-hydrogen) atoms. The largest absolute Gasteiger partial charge is 0.469 e. The number of carbonyl (C=O) groups is 1. The molecule has 0 unspecified atom stereocenters. The second-order valence-corrected chi connectivity index (χ2v) is 5.41. The molecule has 0 radical (unpaired) electrons.